The fraction of sp³-hybridized carbons (Fsp3) is 0.538. The van der Waals surface area contributed by atoms with Crippen molar-refractivity contribution in [2.75, 3.05) is 6.61 Å². The number of rotatable bonds is 3. The summed E-state index contributed by atoms with van der Waals surface area (Å²) in [4.78, 5) is 12.5. The molecule has 1 fully saturated rings. The summed E-state index contributed by atoms with van der Waals surface area (Å²) in [5.41, 5.74) is -0.319. The Morgan fingerprint density at radius 2 is 2.18 bits per heavy atom. The van der Waals surface area contributed by atoms with E-state index in [9.17, 15) is 25.2 Å². The molecule has 0 saturated carbocycles. The number of hydrogen-bond donors (Lipinski definition) is 3. The summed E-state index contributed by atoms with van der Waals surface area (Å²) in [6.07, 6.45) is -3.03. The Morgan fingerprint density at radius 1 is 1.45 bits per heavy atom. The topological polar surface area (TPSA) is 118 Å². The quantitative estimate of drug-likeness (QED) is 0.555. The van der Waals surface area contributed by atoms with Crippen LogP contribution in [0.3, 0.4) is 0 Å². The second-order valence-electron chi connectivity index (χ2n) is 5.10. The summed E-state index contributed by atoms with van der Waals surface area (Å²) in [6, 6.07) is 0. The van der Waals surface area contributed by atoms with Crippen molar-refractivity contribution in [3.8, 4) is 5.88 Å². The molecule has 0 bridgehead atoms. The third-order valence-electron chi connectivity index (χ3n) is 3.87. The van der Waals surface area contributed by atoms with Crippen molar-refractivity contribution in [3.63, 3.8) is 0 Å². The van der Waals surface area contributed by atoms with Gasteiger partial charge in [0.1, 0.15) is 24.5 Å². The molecule has 2 aromatic heterocycles. The van der Waals surface area contributed by atoms with Gasteiger partial charge in [0.15, 0.2) is 0 Å². The van der Waals surface area contributed by atoms with E-state index < -0.39 is 42.6 Å². The zero-order chi connectivity index (χ0) is 16.0. The maximum absolute atomic E-state index is 12.6. The number of fused-ring (bicyclic) bond motifs is 1. The predicted octanol–water partition coefficient (Wildman–Crippen LogP) is -2.10. The Balaban J connectivity index is 2.23. The summed E-state index contributed by atoms with van der Waals surface area (Å²) < 4.78 is 7.92. The maximum Gasteiger partial charge on any atom is 0.350 e. The predicted molar refractivity (Wildman–Crippen MR) is 73.6 cm³/mol. The van der Waals surface area contributed by atoms with Gasteiger partial charge in [0.2, 0.25) is 6.23 Å². The van der Waals surface area contributed by atoms with E-state index in [-0.39, 0.29) is 12.0 Å². The molecule has 2 aromatic rings. The Hall–Kier alpha value is -1.52. The molecule has 4 atom stereocenters. The van der Waals surface area contributed by atoms with Crippen LogP contribution in [0.15, 0.2) is 16.4 Å². The fourth-order valence-electron chi connectivity index (χ4n) is 2.69. The molecule has 0 aliphatic carbocycles. The van der Waals surface area contributed by atoms with E-state index in [2.05, 4.69) is 0 Å². The van der Waals surface area contributed by atoms with Gasteiger partial charge in [-0.3, -0.25) is 0 Å². The van der Waals surface area contributed by atoms with E-state index in [0.29, 0.717) is 4.96 Å². The van der Waals surface area contributed by atoms with E-state index in [4.69, 9.17) is 4.74 Å². The zero-order valence-electron chi connectivity index (χ0n) is 11.7. The molecular weight excluding hydrogens is 312 g/mol. The van der Waals surface area contributed by atoms with Crippen LogP contribution < -0.4 is 15.2 Å². The molecule has 8 nitrogen and oxygen atoms in total. The molecule has 0 amide bonds. The van der Waals surface area contributed by atoms with Crippen molar-refractivity contribution in [1.82, 2.24) is 4.40 Å². The molecule has 0 unspecified atom stereocenters. The smallest absolute Gasteiger partial charge is 0.350 e. The highest BCUT2D eigenvalue weighted by molar-refractivity contribution is 7.14. The van der Waals surface area contributed by atoms with Crippen LogP contribution in [0.4, 0.5) is 0 Å². The van der Waals surface area contributed by atoms with E-state index in [1.54, 1.807) is 18.5 Å². The second-order valence-corrected chi connectivity index (χ2v) is 5.97. The Kier molecular flexibility index (Phi) is 3.91. The van der Waals surface area contributed by atoms with Gasteiger partial charge in [0, 0.05) is 5.38 Å². The first-order valence-electron chi connectivity index (χ1n) is 6.87. The van der Waals surface area contributed by atoms with Gasteiger partial charge in [-0.25, -0.2) is 9.36 Å². The first-order valence-corrected chi connectivity index (χ1v) is 7.74. The number of hydrogen-bond acceptors (Lipinski definition) is 7. The summed E-state index contributed by atoms with van der Waals surface area (Å²) in [7, 11) is 0. The third kappa shape index (κ3) is 2.05. The van der Waals surface area contributed by atoms with Gasteiger partial charge in [-0.15, -0.1) is 0 Å². The third-order valence-corrected chi connectivity index (χ3v) is 4.74. The highest BCUT2D eigenvalue weighted by atomic mass is 32.1. The Labute approximate surface area is 129 Å². The van der Waals surface area contributed by atoms with E-state index >= 15 is 0 Å². The van der Waals surface area contributed by atoms with E-state index in [1.165, 1.54) is 8.97 Å². The molecular formula is C13H16N2O6S. The molecule has 22 heavy (non-hydrogen) atoms. The van der Waals surface area contributed by atoms with Crippen LogP contribution in [0.25, 0.3) is 4.96 Å². The molecule has 9 heteroatoms. The highest BCUT2D eigenvalue weighted by Gasteiger charge is 2.47. The van der Waals surface area contributed by atoms with Crippen molar-refractivity contribution in [2.24, 2.45) is 0 Å². The molecule has 0 radical (unpaired) electrons. The van der Waals surface area contributed by atoms with Crippen molar-refractivity contribution >= 4 is 16.3 Å². The number of ether oxygens (including phenoxy) is 1. The number of nitrogens with zero attached hydrogens (tertiary/aromatic N) is 2. The van der Waals surface area contributed by atoms with Crippen LogP contribution >= 0.6 is 11.3 Å². The van der Waals surface area contributed by atoms with Crippen LogP contribution in [0.2, 0.25) is 0 Å². The van der Waals surface area contributed by atoms with Gasteiger partial charge in [-0.05, 0) is 6.42 Å². The molecule has 1 saturated heterocycles. The molecule has 3 rings (SSSR count). The minimum atomic E-state index is -1.37. The molecule has 0 aromatic carbocycles. The van der Waals surface area contributed by atoms with Crippen LogP contribution in [0.5, 0.6) is 5.88 Å². The number of aliphatic hydroxyl groups is 3. The van der Waals surface area contributed by atoms with Gasteiger partial charge in [-0.1, -0.05) is 18.3 Å². The molecule has 1 aliphatic rings. The zero-order valence-corrected chi connectivity index (χ0v) is 12.6. The first kappa shape index (κ1) is 15.4. The number of thiazole rings is 1. The Bertz CT molecular complexity index is 757. The molecule has 120 valence electrons. The summed E-state index contributed by atoms with van der Waals surface area (Å²) >= 11 is 1.15. The second kappa shape index (κ2) is 5.60. The minimum absolute atomic E-state index is 0.0774. The number of aliphatic hydroxyl groups excluding tert-OH is 3. The lowest BCUT2D eigenvalue weighted by Crippen LogP contribution is -2.51. The van der Waals surface area contributed by atoms with Gasteiger partial charge in [-0.2, -0.15) is 4.40 Å². The summed E-state index contributed by atoms with van der Waals surface area (Å²) in [5.74, 6) is -0.551. The SMILES string of the molecule is CCc1c([O-])[n+]([C@@H]2O[C@H](CO)[C@@H](O)[C@H]2O)c2sccn2c1=O. The molecule has 3 heterocycles. The van der Waals surface area contributed by atoms with E-state index in [0.717, 1.165) is 11.3 Å². The standard InChI is InChI=1S/C13H16N2O6S/c1-2-6-10(19)14-3-4-22-13(14)15(11(6)20)12-9(18)8(17)7(5-16)21-12/h3-4,7-9,12,16-18H,2,5H2,1H3/t7-,8-,9-,12-/m1/s1. The van der Waals surface area contributed by atoms with Crippen molar-refractivity contribution < 1.29 is 29.7 Å². The van der Waals surface area contributed by atoms with Crippen molar-refractivity contribution in [3.05, 3.63) is 27.5 Å². The van der Waals surface area contributed by atoms with Gasteiger partial charge in [0.25, 0.3) is 0 Å². The van der Waals surface area contributed by atoms with Gasteiger partial charge in [0.05, 0.1) is 18.1 Å². The van der Waals surface area contributed by atoms with Crippen LogP contribution in [0.1, 0.15) is 18.7 Å². The summed E-state index contributed by atoms with van der Waals surface area (Å²) in [6.45, 7) is 1.21. The van der Waals surface area contributed by atoms with Gasteiger partial charge < -0.3 is 25.2 Å². The molecule has 1 aliphatic heterocycles. The lowest BCUT2D eigenvalue weighted by Gasteiger charge is -2.20. The fourth-order valence-corrected chi connectivity index (χ4v) is 3.55. The lowest BCUT2D eigenvalue weighted by atomic mass is 10.1. The van der Waals surface area contributed by atoms with Crippen LogP contribution in [-0.2, 0) is 11.2 Å². The van der Waals surface area contributed by atoms with Crippen LogP contribution in [0, 0.1) is 0 Å². The number of aromatic nitrogens is 2. The van der Waals surface area contributed by atoms with Crippen molar-refractivity contribution in [1.29, 1.82) is 0 Å². The maximum atomic E-state index is 12.6. The van der Waals surface area contributed by atoms with Crippen LogP contribution in [-0.4, -0.2) is 44.6 Å². The lowest BCUT2D eigenvalue weighted by molar-refractivity contribution is -0.775. The first-order chi connectivity index (χ1) is 10.5. The molecule has 3 N–H and O–H groups in total. The van der Waals surface area contributed by atoms with Gasteiger partial charge >= 0.3 is 10.5 Å². The normalized spacial score (nSPS) is 28.5. The average molecular weight is 328 g/mol. The average Bonchev–Trinajstić information content (AvgIpc) is 3.08. The monoisotopic (exact) mass is 328 g/mol. The largest absolute Gasteiger partial charge is 0.842 e. The molecule has 0 spiro atoms. The minimum Gasteiger partial charge on any atom is -0.842 e. The highest BCUT2D eigenvalue weighted by Crippen LogP contribution is 2.28. The Morgan fingerprint density at radius 3 is 2.77 bits per heavy atom. The van der Waals surface area contributed by atoms with Crippen molar-refractivity contribution in [2.45, 2.75) is 37.9 Å². The summed E-state index contributed by atoms with van der Waals surface area (Å²) in [5, 5.41) is 43.4. The van der Waals surface area contributed by atoms with E-state index in [1.807, 2.05) is 0 Å².